The SMILES string of the molecule is CC(=O)c1cc2c(s1)SCC1C(C(=O)N3CCN(c4ccc(C)c(Cl)c4)CC3)=NNC21. The fourth-order valence-electron chi connectivity index (χ4n) is 4.30. The number of hydrazone groups is 1. The van der Waals surface area contributed by atoms with E-state index in [0.29, 0.717) is 18.8 Å². The molecule has 162 valence electrons. The molecule has 2 unspecified atom stereocenters. The molecule has 1 aromatic carbocycles. The molecule has 6 nitrogen and oxygen atoms in total. The lowest BCUT2D eigenvalue weighted by atomic mass is 9.92. The number of amides is 1. The van der Waals surface area contributed by atoms with Gasteiger partial charge in [0, 0.05) is 54.1 Å². The predicted octanol–water partition coefficient (Wildman–Crippen LogP) is 3.98. The van der Waals surface area contributed by atoms with Crippen molar-refractivity contribution in [2.45, 2.75) is 24.1 Å². The van der Waals surface area contributed by atoms with Crippen molar-refractivity contribution in [3.05, 3.63) is 45.3 Å². The summed E-state index contributed by atoms with van der Waals surface area (Å²) in [5, 5.41) is 5.23. The second-order valence-electron chi connectivity index (χ2n) is 8.14. The summed E-state index contributed by atoms with van der Waals surface area (Å²) in [6, 6.07) is 8.06. The number of nitrogens with zero attached hydrogens (tertiary/aromatic N) is 3. The van der Waals surface area contributed by atoms with E-state index in [1.807, 2.05) is 30.0 Å². The van der Waals surface area contributed by atoms with Gasteiger partial charge in [-0.1, -0.05) is 17.7 Å². The van der Waals surface area contributed by atoms with Crippen LogP contribution in [0.2, 0.25) is 5.02 Å². The largest absolute Gasteiger partial charge is 0.368 e. The van der Waals surface area contributed by atoms with Gasteiger partial charge in [0.05, 0.1) is 15.1 Å². The number of hydrogen-bond acceptors (Lipinski definition) is 7. The van der Waals surface area contributed by atoms with E-state index in [-0.39, 0.29) is 23.7 Å². The third kappa shape index (κ3) is 3.75. The number of carbonyl (C=O) groups excluding carboxylic acids is 2. The fourth-order valence-corrected chi connectivity index (χ4v) is 7.05. The van der Waals surface area contributed by atoms with Crippen LogP contribution in [-0.4, -0.2) is 54.2 Å². The molecule has 1 N–H and O–H groups in total. The van der Waals surface area contributed by atoms with Crippen LogP contribution in [-0.2, 0) is 4.79 Å². The summed E-state index contributed by atoms with van der Waals surface area (Å²) in [6.45, 7) is 6.45. The van der Waals surface area contributed by atoms with Crippen molar-refractivity contribution in [1.29, 1.82) is 0 Å². The number of carbonyl (C=O) groups is 2. The summed E-state index contributed by atoms with van der Waals surface area (Å²) in [5.74, 6) is 0.940. The Morgan fingerprint density at radius 1 is 1.19 bits per heavy atom. The maximum atomic E-state index is 13.3. The minimum Gasteiger partial charge on any atom is -0.368 e. The average Bonchev–Trinajstić information content (AvgIpc) is 3.39. The first kappa shape index (κ1) is 20.8. The number of hydrogen-bond donors (Lipinski definition) is 1. The molecule has 2 atom stereocenters. The summed E-state index contributed by atoms with van der Waals surface area (Å²) in [6.07, 6.45) is 0. The lowest BCUT2D eigenvalue weighted by molar-refractivity contribution is -0.124. The highest BCUT2D eigenvalue weighted by Crippen LogP contribution is 2.46. The van der Waals surface area contributed by atoms with Crippen LogP contribution >= 0.6 is 34.7 Å². The zero-order valence-electron chi connectivity index (χ0n) is 17.4. The van der Waals surface area contributed by atoms with E-state index in [2.05, 4.69) is 21.5 Å². The second-order valence-corrected chi connectivity index (χ2v) is 10.9. The molecule has 0 saturated carbocycles. The highest BCUT2D eigenvalue weighted by molar-refractivity contribution is 8.01. The Morgan fingerprint density at radius 3 is 2.68 bits per heavy atom. The van der Waals surface area contributed by atoms with E-state index in [9.17, 15) is 9.59 Å². The Bertz CT molecular complexity index is 1090. The van der Waals surface area contributed by atoms with Gasteiger partial charge in [-0.05, 0) is 37.6 Å². The first-order valence-electron chi connectivity index (χ1n) is 10.3. The zero-order valence-corrected chi connectivity index (χ0v) is 19.7. The number of piperazine rings is 1. The van der Waals surface area contributed by atoms with Crippen molar-refractivity contribution in [2.75, 3.05) is 36.8 Å². The minimum absolute atomic E-state index is 0.0180. The maximum absolute atomic E-state index is 13.3. The van der Waals surface area contributed by atoms with Crippen molar-refractivity contribution in [3.8, 4) is 0 Å². The molecule has 0 spiro atoms. The molecule has 1 fully saturated rings. The van der Waals surface area contributed by atoms with Crippen LogP contribution in [0.4, 0.5) is 5.69 Å². The number of thiophene rings is 1. The molecule has 3 aliphatic rings. The quantitative estimate of drug-likeness (QED) is 0.681. The highest BCUT2D eigenvalue weighted by Gasteiger charge is 2.43. The number of nitrogens with one attached hydrogen (secondary N) is 1. The van der Waals surface area contributed by atoms with Gasteiger partial charge in [0.15, 0.2) is 5.78 Å². The Morgan fingerprint density at radius 2 is 1.97 bits per heavy atom. The van der Waals surface area contributed by atoms with E-state index in [0.717, 1.165) is 49.8 Å². The van der Waals surface area contributed by atoms with Crippen LogP contribution in [0.15, 0.2) is 33.6 Å². The maximum Gasteiger partial charge on any atom is 0.270 e. The molecular formula is C22H23ClN4O2S2. The third-order valence-electron chi connectivity index (χ3n) is 6.19. The molecule has 5 rings (SSSR count). The number of halogens is 1. The van der Waals surface area contributed by atoms with Gasteiger partial charge in [0.2, 0.25) is 0 Å². The molecule has 31 heavy (non-hydrogen) atoms. The lowest BCUT2D eigenvalue weighted by Gasteiger charge is -2.37. The van der Waals surface area contributed by atoms with Gasteiger partial charge in [-0.25, -0.2) is 0 Å². The molecule has 9 heteroatoms. The second kappa shape index (κ2) is 8.15. The molecule has 2 aromatic rings. The molecule has 3 aliphatic heterocycles. The van der Waals surface area contributed by atoms with Crippen molar-refractivity contribution in [1.82, 2.24) is 10.3 Å². The number of Topliss-reactive ketones (excluding diaryl/α,β-unsaturated/α-hetero) is 1. The standard InChI is InChI=1S/C22H23ClN4O2S2/c1-12-3-4-14(9-17(12)23)26-5-7-27(8-6-26)21(29)20-16-11-30-22-15(19(16)24-25-20)10-18(31-22)13(2)28/h3-4,9-10,16,19,24H,5-8,11H2,1-2H3. The van der Waals surface area contributed by atoms with Gasteiger partial charge >= 0.3 is 0 Å². The molecule has 0 radical (unpaired) electrons. The summed E-state index contributed by atoms with van der Waals surface area (Å²) >= 11 is 9.55. The average molecular weight is 475 g/mol. The number of rotatable bonds is 3. The number of ketones is 1. The summed E-state index contributed by atoms with van der Waals surface area (Å²) < 4.78 is 1.16. The summed E-state index contributed by atoms with van der Waals surface area (Å²) in [5.41, 5.74) is 7.06. The van der Waals surface area contributed by atoms with Crippen molar-refractivity contribution in [2.24, 2.45) is 11.0 Å². The van der Waals surface area contributed by atoms with Crippen LogP contribution in [0.25, 0.3) is 0 Å². The molecule has 4 heterocycles. The van der Waals surface area contributed by atoms with E-state index >= 15 is 0 Å². The van der Waals surface area contributed by atoms with E-state index in [1.165, 1.54) is 0 Å². The molecule has 0 bridgehead atoms. The van der Waals surface area contributed by atoms with Crippen LogP contribution in [0.3, 0.4) is 0 Å². The first-order valence-corrected chi connectivity index (χ1v) is 12.5. The molecule has 1 amide bonds. The van der Waals surface area contributed by atoms with Gasteiger partial charge in [-0.2, -0.15) is 5.10 Å². The molecular weight excluding hydrogens is 452 g/mol. The van der Waals surface area contributed by atoms with Crippen molar-refractivity contribution >= 4 is 57.8 Å². The van der Waals surface area contributed by atoms with Crippen LogP contribution in [0.1, 0.15) is 33.8 Å². The van der Waals surface area contributed by atoms with Gasteiger partial charge in [0.25, 0.3) is 5.91 Å². The predicted molar refractivity (Wildman–Crippen MR) is 127 cm³/mol. The smallest absolute Gasteiger partial charge is 0.270 e. The molecule has 1 saturated heterocycles. The number of anilines is 1. The van der Waals surface area contributed by atoms with Crippen molar-refractivity contribution < 1.29 is 9.59 Å². The van der Waals surface area contributed by atoms with E-state index in [1.54, 1.807) is 30.0 Å². The molecule has 0 aliphatic carbocycles. The topological polar surface area (TPSA) is 65.0 Å². The molecule has 1 aromatic heterocycles. The van der Waals surface area contributed by atoms with Gasteiger partial charge in [0.1, 0.15) is 5.71 Å². The number of thioether (sulfide) groups is 1. The minimum atomic E-state index is -0.0180. The first-order chi connectivity index (χ1) is 14.9. The van der Waals surface area contributed by atoms with Crippen molar-refractivity contribution in [3.63, 3.8) is 0 Å². The summed E-state index contributed by atoms with van der Waals surface area (Å²) in [4.78, 5) is 30.0. The number of benzene rings is 1. The zero-order chi connectivity index (χ0) is 21.7. The van der Waals surface area contributed by atoms with Crippen LogP contribution in [0.5, 0.6) is 0 Å². The summed E-state index contributed by atoms with van der Waals surface area (Å²) in [7, 11) is 0. The number of aryl methyl sites for hydroxylation is 1. The van der Waals surface area contributed by atoms with Gasteiger partial charge < -0.3 is 15.2 Å². The van der Waals surface area contributed by atoms with E-state index in [4.69, 9.17) is 11.6 Å². The van der Waals surface area contributed by atoms with Gasteiger partial charge in [-0.15, -0.1) is 23.1 Å². The Hall–Kier alpha value is -2.03. The lowest BCUT2D eigenvalue weighted by Crippen LogP contribution is -2.51. The van der Waals surface area contributed by atoms with Crippen LogP contribution in [0, 0.1) is 12.8 Å². The van der Waals surface area contributed by atoms with Crippen LogP contribution < -0.4 is 10.3 Å². The van der Waals surface area contributed by atoms with E-state index < -0.39 is 0 Å². The Labute approximate surface area is 194 Å². The van der Waals surface area contributed by atoms with Gasteiger partial charge in [-0.3, -0.25) is 9.59 Å². The highest BCUT2D eigenvalue weighted by atomic mass is 35.5. The Kier molecular flexibility index (Phi) is 5.48. The monoisotopic (exact) mass is 474 g/mol. The third-order valence-corrected chi connectivity index (χ3v) is 9.27. The number of fused-ring (bicyclic) bond motifs is 3. The fraction of sp³-hybridized carbons (Fsp3) is 0.409. The Balaban J connectivity index is 1.25. The normalized spacial score (nSPS) is 22.5.